The van der Waals surface area contributed by atoms with Gasteiger partial charge < -0.3 is 19.9 Å². The molecule has 1 saturated heterocycles. The third-order valence-corrected chi connectivity index (χ3v) is 7.19. The molecule has 1 N–H and O–H groups in total. The number of nitrogens with zero attached hydrogens (tertiary/aromatic N) is 4. The molecule has 1 amide bonds. The monoisotopic (exact) mass is 525 g/mol. The number of nitrogens with one attached hydrogen (secondary N) is 1. The predicted octanol–water partition coefficient (Wildman–Crippen LogP) is 5.64. The molecule has 5 rings (SSSR count). The fraction of sp³-hybridized carbons (Fsp3) is 0.393. The number of carbonyl (C=O) groups excluding carboxylic acids is 1. The maximum absolute atomic E-state index is 15.0. The summed E-state index contributed by atoms with van der Waals surface area (Å²) in [4.78, 5) is 23.6. The summed E-state index contributed by atoms with van der Waals surface area (Å²) in [5, 5.41) is 2.93. The van der Waals surface area contributed by atoms with Crippen LogP contribution in [0.5, 0.6) is 5.75 Å². The molecule has 2 aliphatic rings. The molecule has 38 heavy (non-hydrogen) atoms. The molecule has 200 valence electrons. The van der Waals surface area contributed by atoms with Gasteiger partial charge in [0.05, 0.1) is 18.4 Å². The molecule has 3 aromatic rings. The van der Waals surface area contributed by atoms with Crippen LogP contribution in [0.15, 0.2) is 36.5 Å². The number of fused-ring (bicyclic) bond motifs is 1. The molecule has 0 unspecified atom stereocenters. The lowest BCUT2D eigenvalue weighted by atomic mass is 9.89. The highest BCUT2D eigenvalue weighted by Gasteiger charge is 2.26. The van der Waals surface area contributed by atoms with Crippen LogP contribution in [-0.4, -0.2) is 53.1 Å². The van der Waals surface area contributed by atoms with Crippen molar-refractivity contribution in [2.45, 2.75) is 45.6 Å². The molecule has 0 radical (unpaired) electrons. The molecule has 0 spiro atoms. The lowest BCUT2D eigenvalue weighted by molar-refractivity contribution is -0.129. The average molecular weight is 526 g/mol. The zero-order valence-corrected chi connectivity index (χ0v) is 21.6. The Morgan fingerprint density at radius 2 is 1.82 bits per heavy atom. The minimum atomic E-state index is -0.707. The first-order valence-electron chi connectivity index (χ1n) is 12.8. The van der Waals surface area contributed by atoms with E-state index in [1.165, 1.54) is 12.1 Å². The fourth-order valence-electron chi connectivity index (χ4n) is 5.18. The van der Waals surface area contributed by atoms with E-state index in [9.17, 15) is 13.6 Å². The van der Waals surface area contributed by atoms with Crippen LogP contribution in [0.2, 0.25) is 0 Å². The molecule has 0 saturated carbocycles. The Bertz CT molecular complexity index is 1360. The molecule has 1 aromatic heterocycles. The quantitative estimate of drug-likeness (QED) is 0.465. The smallest absolute Gasteiger partial charge is 0.227 e. The Kier molecular flexibility index (Phi) is 7.14. The van der Waals surface area contributed by atoms with Crippen LogP contribution in [0, 0.1) is 17.5 Å². The molecule has 3 heterocycles. The first-order chi connectivity index (χ1) is 18.2. The molecule has 0 atom stereocenters. The number of rotatable bonds is 5. The molecule has 7 nitrogen and oxygen atoms in total. The minimum absolute atomic E-state index is 0.0293. The van der Waals surface area contributed by atoms with E-state index in [4.69, 9.17) is 4.74 Å². The minimum Gasteiger partial charge on any atom is -0.486 e. The summed E-state index contributed by atoms with van der Waals surface area (Å²) in [6, 6.07) is 7.76. The van der Waals surface area contributed by atoms with Gasteiger partial charge in [0.15, 0.2) is 17.4 Å². The summed E-state index contributed by atoms with van der Waals surface area (Å²) in [5.41, 5.74) is 1.72. The first kappa shape index (κ1) is 25.8. The van der Waals surface area contributed by atoms with E-state index in [2.05, 4.69) is 15.3 Å². The van der Waals surface area contributed by atoms with Crippen molar-refractivity contribution < 1.29 is 22.7 Å². The molecule has 10 heteroatoms. The number of benzene rings is 2. The Balaban J connectivity index is 1.38. The van der Waals surface area contributed by atoms with Crippen LogP contribution in [0.25, 0.3) is 11.3 Å². The standard InChI is InChI=1S/C28H30F3N5O2/c1-16(2)36-10-11-38-27-23(30)12-19(13-25(27)36)26-24(31)15-32-28(34-26)33-20-4-5-21(22(29)14-20)18-6-8-35(9-7-18)17(3)37/h4-5,12-16,18H,6-11H2,1-3H3,(H,32,33,34). The largest absolute Gasteiger partial charge is 0.486 e. The summed E-state index contributed by atoms with van der Waals surface area (Å²) in [6.07, 6.45) is 2.40. The molecule has 1 fully saturated rings. The van der Waals surface area contributed by atoms with Crippen molar-refractivity contribution in [3.8, 4) is 17.0 Å². The summed E-state index contributed by atoms with van der Waals surface area (Å²) in [7, 11) is 0. The highest BCUT2D eigenvalue weighted by atomic mass is 19.1. The van der Waals surface area contributed by atoms with Crippen molar-refractivity contribution >= 4 is 23.2 Å². The van der Waals surface area contributed by atoms with Crippen molar-refractivity contribution in [3.05, 3.63) is 59.5 Å². The Morgan fingerprint density at radius 1 is 1.05 bits per heavy atom. The second kappa shape index (κ2) is 10.5. The van der Waals surface area contributed by atoms with Crippen molar-refractivity contribution in [3.63, 3.8) is 0 Å². The fourth-order valence-corrected chi connectivity index (χ4v) is 5.18. The van der Waals surface area contributed by atoms with Gasteiger partial charge in [0.2, 0.25) is 11.9 Å². The number of ether oxygens (including phenoxy) is 1. The number of amides is 1. The molecular formula is C28H30F3N5O2. The van der Waals surface area contributed by atoms with E-state index in [-0.39, 0.29) is 46.6 Å². The third-order valence-electron chi connectivity index (χ3n) is 7.19. The molecule has 0 bridgehead atoms. The highest BCUT2D eigenvalue weighted by molar-refractivity contribution is 5.74. The van der Waals surface area contributed by atoms with Gasteiger partial charge in [-0.15, -0.1) is 0 Å². The van der Waals surface area contributed by atoms with Crippen LogP contribution in [0.4, 0.5) is 30.5 Å². The van der Waals surface area contributed by atoms with E-state index < -0.39 is 11.6 Å². The van der Waals surface area contributed by atoms with E-state index >= 15 is 4.39 Å². The molecule has 2 aromatic carbocycles. The zero-order valence-electron chi connectivity index (χ0n) is 21.6. The number of anilines is 3. The van der Waals surface area contributed by atoms with E-state index in [0.717, 1.165) is 6.20 Å². The van der Waals surface area contributed by atoms with Crippen LogP contribution in [0.3, 0.4) is 0 Å². The SMILES string of the molecule is CC(=O)N1CCC(c2ccc(Nc3ncc(F)c(-c4cc(F)c5c(c4)N(C(C)C)CCO5)n3)cc2F)CC1. The van der Waals surface area contributed by atoms with Crippen molar-refractivity contribution in [1.82, 2.24) is 14.9 Å². The van der Waals surface area contributed by atoms with Gasteiger partial charge in [-0.2, -0.15) is 0 Å². The van der Waals surface area contributed by atoms with Gasteiger partial charge in [0.25, 0.3) is 0 Å². The summed E-state index contributed by atoms with van der Waals surface area (Å²) in [5.74, 6) is -1.41. The second-order valence-electron chi connectivity index (χ2n) is 9.97. The Labute approximate surface area is 219 Å². The first-order valence-corrected chi connectivity index (χ1v) is 12.8. The number of likely N-dealkylation sites (tertiary alicyclic amines) is 1. The van der Waals surface area contributed by atoms with Crippen molar-refractivity contribution in [1.29, 1.82) is 0 Å². The highest BCUT2D eigenvalue weighted by Crippen LogP contribution is 2.39. The van der Waals surface area contributed by atoms with Crippen LogP contribution < -0.4 is 15.0 Å². The second-order valence-corrected chi connectivity index (χ2v) is 9.97. The number of piperidine rings is 1. The molecule has 2 aliphatic heterocycles. The Hall–Kier alpha value is -3.82. The van der Waals surface area contributed by atoms with Gasteiger partial charge in [-0.05, 0) is 62.4 Å². The number of carbonyl (C=O) groups is 1. The molecular weight excluding hydrogens is 495 g/mol. The normalized spacial score (nSPS) is 15.9. The van der Waals surface area contributed by atoms with E-state index in [0.29, 0.717) is 56.0 Å². The summed E-state index contributed by atoms with van der Waals surface area (Å²) < 4.78 is 50.3. The maximum atomic E-state index is 15.0. The van der Waals surface area contributed by atoms with Gasteiger partial charge in [0, 0.05) is 37.3 Å². The lowest BCUT2D eigenvalue weighted by Crippen LogP contribution is -2.38. The summed E-state index contributed by atoms with van der Waals surface area (Å²) in [6.45, 7) is 7.69. The van der Waals surface area contributed by atoms with Crippen LogP contribution >= 0.6 is 0 Å². The van der Waals surface area contributed by atoms with E-state index in [1.807, 2.05) is 18.7 Å². The van der Waals surface area contributed by atoms with Crippen molar-refractivity contribution in [2.24, 2.45) is 0 Å². The predicted molar refractivity (Wildman–Crippen MR) is 139 cm³/mol. The lowest BCUT2D eigenvalue weighted by Gasteiger charge is -2.34. The average Bonchev–Trinajstić information content (AvgIpc) is 2.89. The van der Waals surface area contributed by atoms with Gasteiger partial charge in [0.1, 0.15) is 18.1 Å². The number of hydrogen-bond acceptors (Lipinski definition) is 6. The third kappa shape index (κ3) is 5.12. The van der Waals surface area contributed by atoms with Gasteiger partial charge in [-0.3, -0.25) is 4.79 Å². The van der Waals surface area contributed by atoms with E-state index in [1.54, 1.807) is 30.0 Å². The van der Waals surface area contributed by atoms with Gasteiger partial charge in [-0.25, -0.2) is 23.1 Å². The Morgan fingerprint density at radius 3 is 2.50 bits per heavy atom. The van der Waals surface area contributed by atoms with Crippen LogP contribution in [0.1, 0.15) is 45.1 Å². The maximum Gasteiger partial charge on any atom is 0.227 e. The van der Waals surface area contributed by atoms with Gasteiger partial charge in [-0.1, -0.05) is 6.07 Å². The van der Waals surface area contributed by atoms with Gasteiger partial charge >= 0.3 is 0 Å². The molecule has 0 aliphatic carbocycles. The topological polar surface area (TPSA) is 70.6 Å². The zero-order chi connectivity index (χ0) is 27.0. The number of hydrogen-bond donors (Lipinski definition) is 1. The summed E-state index contributed by atoms with van der Waals surface area (Å²) >= 11 is 0. The number of halogens is 3. The number of aromatic nitrogens is 2. The van der Waals surface area contributed by atoms with Crippen molar-refractivity contribution in [2.75, 3.05) is 36.5 Å². The van der Waals surface area contributed by atoms with Crippen LogP contribution in [-0.2, 0) is 4.79 Å².